The molecule has 1 unspecified atom stereocenters. The number of nitrogens with zero attached hydrogens (tertiary/aromatic N) is 2. The highest BCUT2D eigenvalue weighted by molar-refractivity contribution is 5.41. The molecule has 1 saturated heterocycles. The average Bonchev–Trinajstić information content (AvgIpc) is 3.39. The third-order valence-electron chi connectivity index (χ3n) is 4.85. The van der Waals surface area contributed by atoms with Gasteiger partial charge in [0.15, 0.2) is 0 Å². The maximum absolute atomic E-state index is 11.9. The van der Waals surface area contributed by atoms with Crippen molar-refractivity contribution in [2.45, 2.75) is 50.5 Å². The molecule has 4 rings (SSSR count). The van der Waals surface area contributed by atoms with Crippen LogP contribution in [0.4, 0.5) is 5.82 Å². The number of anilines is 1. The van der Waals surface area contributed by atoms with Gasteiger partial charge in [-0.1, -0.05) is 0 Å². The van der Waals surface area contributed by atoms with Crippen LogP contribution in [0.15, 0.2) is 10.9 Å². The van der Waals surface area contributed by atoms with Crippen LogP contribution in [0.5, 0.6) is 0 Å². The molecule has 3 fully saturated rings. The minimum atomic E-state index is 0.00863. The summed E-state index contributed by atoms with van der Waals surface area (Å²) in [5, 5.41) is 3.49. The molecule has 0 radical (unpaired) electrons. The van der Waals surface area contributed by atoms with E-state index in [2.05, 4.69) is 15.2 Å². The predicted molar refractivity (Wildman–Crippen MR) is 82.8 cm³/mol. The van der Waals surface area contributed by atoms with Crippen LogP contribution >= 0.6 is 0 Å². The van der Waals surface area contributed by atoms with Gasteiger partial charge in [-0.05, 0) is 57.5 Å². The van der Waals surface area contributed by atoms with E-state index in [9.17, 15) is 4.79 Å². The quantitative estimate of drug-likeness (QED) is 0.864. The van der Waals surface area contributed by atoms with Gasteiger partial charge < -0.3 is 15.2 Å². The SMILES string of the molecule is O=c1cc(N(CC2CCCNC2)C2CC2)nc(C2CC2)[nH]1. The molecule has 2 aliphatic carbocycles. The Hall–Kier alpha value is -1.36. The zero-order valence-corrected chi connectivity index (χ0v) is 12.5. The van der Waals surface area contributed by atoms with Crippen LogP contribution in [0.2, 0.25) is 0 Å². The Bertz CT molecular complexity index is 556. The summed E-state index contributed by atoms with van der Waals surface area (Å²) in [5.41, 5.74) is 0.00863. The van der Waals surface area contributed by atoms with Crippen molar-refractivity contribution < 1.29 is 0 Å². The monoisotopic (exact) mass is 288 g/mol. The van der Waals surface area contributed by atoms with Crippen LogP contribution in [0.3, 0.4) is 0 Å². The van der Waals surface area contributed by atoms with E-state index in [1.54, 1.807) is 6.07 Å². The van der Waals surface area contributed by atoms with Gasteiger partial charge in [0.05, 0.1) is 0 Å². The van der Waals surface area contributed by atoms with Crippen LogP contribution < -0.4 is 15.8 Å². The first-order valence-electron chi connectivity index (χ1n) is 8.38. The summed E-state index contributed by atoms with van der Waals surface area (Å²) in [7, 11) is 0. The van der Waals surface area contributed by atoms with Crippen LogP contribution in [0, 0.1) is 5.92 Å². The van der Waals surface area contributed by atoms with Crippen molar-refractivity contribution in [1.82, 2.24) is 15.3 Å². The highest BCUT2D eigenvalue weighted by Gasteiger charge is 2.33. The van der Waals surface area contributed by atoms with Crippen LogP contribution in [0.1, 0.15) is 50.3 Å². The maximum Gasteiger partial charge on any atom is 0.252 e. The van der Waals surface area contributed by atoms with E-state index in [1.165, 1.54) is 38.5 Å². The van der Waals surface area contributed by atoms with Crippen molar-refractivity contribution in [3.05, 3.63) is 22.2 Å². The predicted octanol–water partition coefficient (Wildman–Crippen LogP) is 1.62. The van der Waals surface area contributed by atoms with E-state index in [4.69, 9.17) is 4.98 Å². The van der Waals surface area contributed by atoms with E-state index in [1.807, 2.05) is 0 Å². The second-order valence-corrected chi connectivity index (χ2v) is 6.86. The molecule has 1 atom stereocenters. The molecule has 0 aromatic carbocycles. The normalized spacial score (nSPS) is 25.8. The Balaban J connectivity index is 1.56. The zero-order valence-electron chi connectivity index (χ0n) is 12.5. The maximum atomic E-state index is 11.9. The Labute approximate surface area is 125 Å². The Kier molecular flexibility index (Phi) is 3.45. The van der Waals surface area contributed by atoms with E-state index in [0.29, 0.717) is 17.9 Å². The van der Waals surface area contributed by atoms with Gasteiger partial charge in [-0.15, -0.1) is 0 Å². The molecule has 0 spiro atoms. The van der Waals surface area contributed by atoms with E-state index in [0.717, 1.165) is 31.3 Å². The lowest BCUT2D eigenvalue weighted by Gasteiger charge is -2.31. The molecule has 5 heteroatoms. The van der Waals surface area contributed by atoms with Crippen molar-refractivity contribution in [2.75, 3.05) is 24.5 Å². The van der Waals surface area contributed by atoms with Gasteiger partial charge >= 0.3 is 0 Å². The summed E-state index contributed by atoms with van der Waals surface area (Å²) in [6.07, 6.45) is 7.37. The van der Waals surface area contributed by atoms with Crippen molar-refractivity contribution >= 4 is 5.82 Å². The van der Waals surface area contributed by atoms with E-state index < -0.39 is 0 Å². The van der Waals surface area contributed by atoms with E-state index in [-0.39, 0.29) is 5.56 Å². The number of nitrogens with one attached hydrogen (secondary N) is 2. The molecule has 2 N–H and O–H groups in total. The van der Waals surface area contributed by atoms with Gasteiger partial charge in [-0.2, -0.15) is 0 Å². The lowest BCUT2D eigenvalue weighted by Crippen LogP contribution is -2.40. The van der Waals surface area contributed by atoms with E-state index >= 15 is 0 Å². The third-order valence-corrected chi connectivity index (χ3v) is 4.85. The highest BCUT2D eigenvalue weighted by Crippen LogP contribution is 2.39. The van der Waals surface area contributed by atoms with Crippen molar-refractivity contribution in [3.63, 3.8) is 0 Å². The summed E-state index contributed by atoms with van der Waals surface area (Å²) in [4.78, 5) is 22.0. The topological polar surface area (TPSA) is 61.0 Å². The molecule has 2 heterocycles. The first-order chi connectivity index (χ1) is 10.3. The zero-order chi connectivity index (χ0) is 14.2. The molecule has 1 aromatic rings. The van der Waals surface area contributed by atoms with Crippen LogP contribution in [-0.2, 0) is 0 Å². The second-order valence-electron chi connectivity index (χ2n) is 6.86. The lowest BCUT2D eigenvalue weighted by atomic mass is 9.99. The fraction of sp³-hybridized carbons (Fsp3) is 0.750. The molecular formula is C16H24N4O. The van der Waals surface area contributed by atoms with Crippen molar-refractivity contribution in [3.8, 4) is 0 Å². The largest absolute Gasteiger partial charge is 0.353 e. The Morgan fingerprint density at radius 2 is 2.10 bits per heavy atom. The molecule has 5 nitrogen and oxygen atoms in total. The Morgan fingerprint density at radius 3 is 2.76 bits per heavy atom. The Morgan fingerprint density at radius 1 is 1.24 bits per heavy atom. The molecular weight excluding hydrogens is 264 g/mol. The van der Waals surface area contributed by atoms with Gasteiger partial charge in [-0.25, -0.2) is 4.98 Å². The standard InChI is InChI=1S/C16H24N4O/c21-15-8-14(18-16(19-15)12-3-4-12)20(13-5-6-13)10-11-2-1-7-17-9-11/h8,11-13,17H,1-7,9-10H2,(H,18,19,21). The molecule has 0 bridgehead atoms. The van der Waals surface area contributed by atoms with Gasteiger partial charge in [0.25, 0.3) is 5.56 Å². The molecule has 21 heavy (non-hydrogen) atoms. The van der Waals surface area contributed by atoms with Gasteiger partial charge in [0, 0.05) is 24.6 Å². The van der Waals surface area contributed by atoms with Crippen LogP contribution in [0.25, 0.3) is 0 Å². The number of H-pyrrole nitrogens is 1. The number of hydrogen-bond donors (Lipinski definition) is 2. The minimum absolute atomic E-state index is 0.00863. The van der Waals surface area contributed by atoms with Crippen LogP contribution in [-0.4, -0.2) is 35.6 Å². The highest BCUT2D eigenvalue weighted by atomic mass is 16.1. The number of hydrogen-bond acceptors (Lipinski definition) is 4. The first-order valence-corrected chi connectivity index (χ1v) is 8.38. The number of rotatable bonds is 5. The van der Waals surface area contributed by atoms with Crippen molar-refractivity contribution in [1.29, 1.82) is 0 Å². The summed E-state index contributed by atoms with van der Waals surface area (Å²) in [5.74, 6) is 3.00. The van der Waals surface area contributed by atoms with Gasteiger partial charge in [-0.3, -0.25) is 4.79 Å². The average molecular weight is 288 g/mol. The summed E-state index contributed by atoms with van der Waals surface area (Å²) in [6.45, 7) is 3.29. The van der Waals surface area contributed by atoms with Gasteiger partial charge in [0.2, 0.25) is 0 Å². The fourth-order valence-corrected chi connectivity index (χ4v) is 3.33. The van der Waals surface area contributed by atoms with Gasteiger partial charge in [0.1, 0.15) is 11.6 Å². The molecule has 1 aromatic heterocycles. The molecule has 3 aliphatic rings. The summed E-state index contributed by atoms with van der Waals surface area (Å²) >= 11 is 0. The molecule has 1 aliphatic heterocycles. The second kappa shape index (κ2) is 5.44. The minimum Gasteiger partial charge on any atom is -0.353 e. The number of piperidine rings is 1. The number of aromatic amines is 1. The lowest BCUT2D eigenvalue weighted by molar-refractivity contribution is 0.375. The molecule has 0 amide bonds. The summed E-state index contributed by atoms with van der Waals surface area (Å²) < 4.78 is 0. The number of aromatic nitrogens is 2. The van der Waals surface area contributed by atoms with Crippen molar-refractivity contribution in [2.24, 2.45) is 5.92 Å². The third kappa shape index (κ3) is 3.12. The smallest absolute Gasteiger partial charge is 0.252 e. The fourth-order valence-electron chi connectivity index (χ4n) is 3.33. The molecule has 114 valence electrons. The first kappa shape index (κ1) is 13.3. The molecule has 2 saturated carbocycles. The summed E-state index contributed by atoms with van der Waals surface area (Å²) in [6, 6.07) is 2.30.